The molecule has 1 aromatic carbocycles. The third-order valence-electron chi connectivity index (χ3n) is 3.84. The zero-order valence-corrected chi connectivity index (χ0v) is 9.16. The molecule has 0 unspecified atom stereocenters. The quantitative estimate of drug-likeness (QED) is 0.277. The number of fused-ring (bicyclic) bond motifs is 1. The second kappa shape index (κ2) is 3.34. The first-order chi connectivity index (χ1) is 8.02. The molecule has 3 aliphatic rings. The van der Waals surface area contributed by atoms with Gasteiger partial charge in [-0.1, -0.05) is 11.6 Å². The maximum atomic E-state index is 13.7. The van der Waals surface area contributed by atoms with Crippen molar-refractivity contribution < 1.29 is 17.6 Å². The maximum Gasteiger partial charge on any atom is 0.197 e. The lowest BCUT2D eigenvalue weighted by atomic mass is 9.67. The Morgan fingerprint density at radius 3 is 2.06 bits per heavy atom. The highest BCUT2D eigenvalue weighted by Gasteiger charge is 2.39. The molecule has 0 spiro atoms. The van der Waals surface area contributed by atoms with Gasteiger partial charge in [0, 0.05) is 23.0 Å². The Kier molecular flexibility index (Phi) is 2.12. The molecule has 0 aliphatic heterocycles. The van der Waals surface area contributed by atoms with Crippen LogP contribution in [0.15, 0.2) is 11.6 Å². The third kappa shape index (κ3) is 1.24. The number of halogens is 4. The van der Waals surface area contributed by atoms with E-state index in [4.69, 9.17) is 0 Å². The minimum absolute atomic E-state index is 0.0169. The highest BCUT2D eigenvalue weighted by Crippen LogP contribution is 2.51. The minimum atomic E-state index is -1.69. The average Bonchev–Trinajstić information content (AvgIpc) is 2.33. The van der Waals surface area contributed by atoms with Crippen molar-refractivity contribution in [3.05, 3.63) is 46.0 Å². The number of rotatable bonds is 0. The van der Waals surface area contributed by atoms with Gasteiger partial charge in [-0.3, -0.25) is 0 Å². The standard InChI is InChI=1S/C13H10F4/c1-5-4-6-2-3-7(5)9-8(6)10(14)12(16)13(17)11(9)15/h4,6-7H,2-3H2,1H3/t6-,7-/m1/s1. The van der Waals surface area contributed by atoms with Crippen LogP contribution >= 0.6 is 0 Å². The second-order valence-electron chi connectivity index (χ2n) is 4.73. The van der Waals surface area contributed by atoms with Gasteiger partial charge in [0.15, 0.2) is 23.3 Å². The summed E-state index contributed by atoms with van der Waals surface area (Å²) >= 11 is 0. The second-order valence-corrected chi connectivity index (χ2v) is 4.73. The van der Waals surface area contributed by atoms with Crippen molar-refractivity contribution in [1.29, 1.82) is 0 Å². The Hall–Kier alpha value is -1.32. The molecule has 0 amide bonds. The monoisotopic (exact) mass is 242 g/mol. The van der Waals surface area contributed by atoms with Crippen LogP contribution in [-0.2, 0) is 0 Å². The zero-order chi connectivity index (χ0) is 12.3. The predicted octanol–water partition coefficient (Wildman–Crippen LogP) is 4.16. The SMILES string of the molecule is CC1=C[C@H]2CC[C@H]1c1c(F)c(F)c(F)c(F)c12. The van der Waals surface area contributed by atoms with Crippen LogP contribution in [-0.4, -0.2) is 0 Å². The van der Waals surface area contributed by atoms with E-state index >= 15 is 0 Å². The van der Waals surface area contributed by atoms with Crippen LogP contribution in [0.5, 0.6) is 0 Å². The molecule has 0 radical (unpaired) electrons. The first-order valence-corrected chi connectivity index (χ1v) is 5.56. The van der Waals surface area contributed by atoms with Gasteiger partial charge < -0.3 is 0 Å². The molecule has 0 saturated heterocycles. The zero-order valence-electron chi connectivity index (χ0n) is 9.16. The smallest absolute Gasteiger partial charge is 0.197 e. The number of benzene rings is 1. The van der Waals surface area contributed by atoms with E-state index in [0.29, 0.717) is 12.8 Å². The fourth-order valence-corrected chi connectivity index (χ4v) is 3.06. The molecule has 0 nitrogen and oxygen atoms in total. The van der Waals surface area contributed by atoms with Gasteiger partial charge in [-0.15, -0.1) is 0 Å². The summed E-state index contributed by atoms with van der Waals surface area (Å²) in [6.45, 7) is 1.82. The summed E-state index contributed by atoms with van der Waals surface area (Å²) in [4.78, 5) is 0. The van der Waals surface area contributed by atoms with Gasteiger partial charge in [0.2, 0.25) is 0 Å². The van der Waals surface area contributed by atoms with Crippen LogP contribution in [0.3, 0.4) is 0 Å². The molecule has 2 atom stereocenters. The molecular weight excluding hydrogens is 232 g/mol. The maximum absolute atomic E-state index is 13.7. The summed E-state index contributed by atoms with van der Waals surface area (Å²) in [5.74, 6) is -6.46. The topological polar surface area (TPSA) is 0 Å². The number of hydrogen-bond donors (Lipinski definition) is 0. The molecule has 1 aromatic rings. The molecule has 0 N–H and O–H groups in total. The molecule has 0 saturated carbocycles. The van der Waals surface area contributed by atoms with Gasteiger partial charge in [0.05, 0.1) is 0 Å². The van der Waals surface area contributed by atoms with Crippen molar-refractivity contribution in [2.45, 2.75) is 31.6 Å². The summed E-state index contributed by atoms with van der Waals surface area (Å²) in [6, 6.07) is 0. The van der Waals surface area contributed by atoms with Crippen LogP contribution in [0, 0.1) is 23.3 Å². The molecule has 90 valence electrons. The van der Waals surface area contributed by atoms with Crippen LogP contribution in [0.2, 0.25) is 0 Å². The van der Waals surface area contributed by atoms with Crippen molar-refractivity contribution in [2.24, 2.45) is 0 Å². The van der Waals surface area contributed by atoms with Gasteiger partial charge in [0.1, 0.15) is 0 Å². The van der Waals surface area contributed by atoms with E-state index in [2.05, 4.69) is 0 Å². The molecule has 4 heteroatoms. The largest absolute Gasteiger partial charge is 0.203 e. The molecular formula is C13H10F4. The van der Waals surface area contributed by atoms with Gasteiger partial charge >= 0.3 is 0 Å². The Morgan fingerprint density at radius 2 is 1.47 bits per heavy atom. The predicted molar refractivity (Wildman–Crippen MR) is 54.7 cm³/mol. The van der Waals surface area contributed by atoms with Crippen molar-refractivity contribution in [2.75, 3.05) is 0 Å². The van der Waals surface area contributed by atoms with Crippen molar-refractivity contribution in [3.63, 3.8) is 0 Å². The highest BCUT2D eigenvalue weighted by molar-refractivity contribution is 5.49. The van der Waals surface area contributed by atoms with Crippen LogP contribution < -0.4 is 0 Å². The Balaban J connectivity index is 2.37. The fraction of sp³-hybridized carbons (Fsp3) is 0.385. The van der Waals surface area contributed by atoms with Gasteiger partial charge in [-0.2, -0.15) is 0 Å². The van der Waals surface area contributed by atoms with Crippen molar-refractivity contribution >= 4 is 0 Å². The van der Waals surface area contributed by atoms with E-state index in [1.165, 1.54) is 0 Å². The molecule has 4 rings (SSSR count). The Morgan fingerprint density at radius 1 is 0.882 bits per heavy atom. The number of hydrogen-bond acceptors (Lipinski definition) is 0. The van der Waals surface area contributed by atoms with E-state index in [-0.39, 0.29) is 23.0 Å². The van der Waals surface area contributed by atoms with Crippen LogP contribution in [0.1, 0.15) is 42.7 Å². The lowest BCUT2D eigenvalue weighted by Gasteiger charge is -2.37. The lowest BCUT2D eigenvalue weighted by Crippen LogP contribution is -2.25. The summed E-state index contributed by atoms with van der Waals surface area (Å²) in [5, 5.41) is 0. The lowest BCUT2D eigenvalue weighted by molar-refractivity contribution is 0.375. The van der Waals surface area contributed by atoms with E-state index in [9.17, 15) is 17.6 Å². The molecule has 0 heterocycles. The summed E-state index contributed by atoms with van der Waals surface area (Å²) in [5.41, 5.74) is 0.957. The Bertz CT molecular complexity index is 545. The average molecular weight is 242 g/mol. The minimum Gasteiger partial charge on any atom is -0.203 e. The van der Waals surface area contributed by atoms with Crippen LogP contribution in [0.4, 0.5) is 17.6 Å². The third-order valence-corrected chi connectivity index (χ3v) is 3.84. The first-order valence-electron chi connectivity index (χ1n) is 5.56. The Labute approximate surface area is 95.9 Å². The molecule has 0 aromatic heterocycles. The fourth-order valence-electron chi connectivity index (χ4n) is 3.06. The first kappa shape index (κ1) is 10.8. The summed E-state index contributed by atoms with van der Waals surface area (Å²) in [7, 11) is 0. The van der Waals surface area contributed by atoms with Crippen molar-refractivity contribution in [1.82, 2.24) is 0 Å². The molecule has 17 heavy (non-hydrogen) atoms. The number of allylic oxidation sites excluding steroid dienone is 2. The van der Waals surface area contributed by atoms with Gasteiger partial charge in [-0.25, -0.2) is 17.6 Å². The summed E-state index contributed by atoms with van der Waals surface area (Å²) in [6.07, 6.45) is 3.16. The van der Waals surface area contributed by atoms with E-state index in [0.717, 1.165) is 5.57 Å². The highest BCUT2D eigenvalue weighted by atomic mass is 19.2. The van der Waals surface area contributed by atoms with E-state index < -0.39 is 23.3 Å². The van der Waals surface area contributed by atoms with Gasteiger partial charge in [0.25, 0.3) is 0 Å². The van der Waals surface area contributed by atoms with Gasteiger partial charge in [-0.05, 0) is 19.8 Å². The van der Waals surface area contributed by atoms with Crippen molar-refractivity contribution in [3.8, 4) is 0 Å². The molecule has 2 bridgehead atoms. The van der Waals surface area contributed by atoms with E-state index in [1.54, 1.807) is 0 Å². The van der Waals surface area contributed by atoms with E-state index in [1.807, 2.05) is 13.0 Å². The summed E-state index contributed by atoms with van der Waals surface area (Å²) < 4.78 is 53.9. The normalized spacial score (nSPS) is 25.8. The molecule has 3 aliphatic carbocycles. The van der Waals surface area contributed by atoms with Crippen LogP contribution in [0.25, 0.3) is 0 Å². The molecule has 0 fully saturated rings.